The lowest BCUT2D eigenvalue weighted by atomic mass is 10.1. The van der Waals surface area contributed by atoms with Crippen molar-refractivity contribution in [2.45, 2.75) is 44.0 Å². The lowest BCUT2D eigenvalue weighted by molar-refractivity contribution is 0.557. The maximum Gasteiger partial charge on any atom is 0.241 e. The highest BCUT2D eigenvalue weighted by Crippen LogP contribution is 2.36. The molecule has 0 heterocycles. The average Bonchev–Trinajstić information content (AvgIpc) is 2.88. The van der Waals surface area contributed by atoms with Crippen molar-refractivity contribution in [2.24, 2.45) is 0 Å². The number of hydrogen-bond donors (Lipinski definition) is 2. The summed E-state index contributed by atoms with van der Waals surface area (Å²) in [5.41, 5.74) is 7.59. The van der Waals surface area contributed by atoms with Gasteiger partial charge in [-0.05, 0) is 56.9 Å². The second kappa shape index (κ2) is 3.71. The first-order chi connectivity index (χ1) is 7.73. The van der Waals surface area contributed by atoms with Gasteiger partial charge < -0.3 is 5.73 Å². The van der Waals surface area contributed by atoms with Crippen molar-refractivity contribution in [3.05, 3.63) is 23.3 Å². The fourth-order valence-electron chi connectivity index (χ4n) is 1.80. The van der Waals surface area contributed by atoms with E-state index >= 15 is 0 Å². The average molecular weight is 254 g/mol. The minimum absolute atomic E-state index is 0.260. The molecule has 17 heavy (non-hydrogen) atoms. The first-order valence-corrected chi connectivity index (χ1v) is 7.13. The molecule has 0 aliphatic heterocycles. The second-order valence-electron chi connectivity index (χ2n) is 5.13. The smallest absolute Gasteiger partial charge is 0.241 e. The number of anilines is 1. The van der Waals surface area contributed by atoms with Gasteiger partial charge in [0.05, 0.1) is 4.90 Å². The van der Waals surface area contributed by atoms with E-state index in [0.29, 0.717) is 10.6 Å². The Morgan fingerprint density at radius 2 is 1.88 bits per heavy atom. The number of nitrogens with one attached hydrogen (secondary N) is 1. The first kappa shape index (κ1) is 12.4. The number of rotatable bonds is 3. The molecule has 0 bridgehead atoms. The van der Waals surface area contributed by atoms with Gasteiger partial charge in [0, 0.05) is 11.2 Å². The lowest BCUT2D eigenvalue weighted by Crippen LogP contribution is -2.34. The summed E-state index contributed by atoms with van der Waals surface area (Å²) in [6.45, 7) is 5.58. The van der Waals surface area contributed by atoms with Crippen LogP contribution in [0.5, 0.6) is 0 Å². The summed E-state index contributed by atoms with van der Waals surface area (Å²) in [5, 5.41) is 0. The van der Waals surface area contributed by atoms with Gasteiger partial charge in [-0.25, -0.2) is 13.1 Å². The summed E-state index contributed by atoms with van der Waals surface area (Å²) in [6, 6.07) is 3.31. The van der Waals surface area contributed by atoms with E-state index in [1.165, 1.54) is 6.07 Å². The van der Waals surface area contributed by atoms with Crippen LogP contribution in [0.4, 0.5) is 5.69 Å². The monoisotopic (exact) mass is 254 g/mol. The van der Waals surface area contributed by atoms with Crippen molar-refractivity contribution in [1.29, 1.82) is 0 Å². The summed E-state index contributed by atoms with van der Waals surface area (Å²) in [6.07, 6.45) is 1.79. The number of aryl methyl sites for hydroxylation is 1. The number of nitrogens with two attached hydrogens (primary N) is 1. The fraction of sp³-hybridized carbons (Fsp3) is 0.500. The fourth-order valence-corrected chi connectivity index (χ4v) is 3.62. The number of sulfonamides is 1. The summed E-state index contributed by atoms with van der Waals surface area (Å²) in [7, 11) is -3.46. The SMILES string of the molecule is Cc1cc(N)cc(S(=O)(=O)NC2(C)CC2)c1C. The topological polar surface area (TPSA) is 72.2 Å². The van der Waals surface area contributed by atoms with Crippen LogP contribution in [0.1, 0.15) is 30.9 Å². The third kappa shape index (κ3) is 2.45. The molecule has 0 spiro atoms. The zero-order valence-corrected chi connectivity index (χ0v) is 11.2. The molecule has 0 atom stereocenters. The number of nitrogen functional groups attached to an aromatic ring is 1. The van der Waals surface area contributed by atoms with E-state index in [1.807, 2.05) is 13.8 Å². The van der Waals surface area contributed by atoms with Gasteiger partial charge in [-0.1, -0.05) is 0 Å². The molecule has 1 aromatic carbocycles. The van der Waals surface area contributed by atoms with E-state index in [0.717, 1.165) is 24.0 Å². The molecule has 4 nitrogen and oxygen atoms in total. The molecule has 0 aromatic heterocycles. The Balaban J connectivity index is 2.45. The van der Waals surface area contributed by atoms with Crippen LogP contribution in [0.3, 0.4) is 0 Å². The molecule has 5 heteroatoms. The molecule has 1 saturated carbocycles. The van der Waals surface area contributed by atoms with Crippen molar-refractivity contribution < 1.29 is 8.42 Å². The zero-order valence-electron chi connectivity index (χ0n) is 10.4. The van der Waals surface area contributed by atoms with E-state index in [4.69, 9.17) is 5.73 Å². The Bertz CT molecular complexity index is 560. The van der Waals surface area contributed by atoms with Crippen LogP contribution in [0, 0.1) is 13.8 Å². The molecule has 1 fully saturated rings. The van der Waals surface area contributed by atoms with Crippen molar-refractivity contribution in [1.82, 2.24) is 4.72 Å². The Hall–Kier alpha value is -1.07. The van der Waals surface area contributed by atoms with Crippen LogP contribution in [-0.2, 0) is 10.0 Å². The minimum atomic E-state index is -3.46. The normalized spacial score (nSPS) is 18.1. The van der Waals surface area contributed by atoms with Crippen LogP contribution >= 0.6 is 0 Å². The van der Waals surface area contributed by atoms with Crippen LogP contribution in [0.15, 0.2) is 17.0 Å². The molecule has 0 saturated heterocycles. The molecule has 1 aromatic rings. The third-order valence-electron chi connectivity index (χ3n) is 3.31. The Morgan fingerprint density at radius 1 is 1.29 bits per heavy atom. The van der Waals surface area contributed by atoms with E-state index in [2.05, 4.69) is 4.72 Å². The van der Waals surface area contributed by atoms with Crippen LogP contribution in [0.25, 0.3) is 0 Å². The van der Waals surface area contributed by atoms with Gasteiger partial charge in [0.1, 0.15) is 0 Å². The van der Waals surface area contributed by atoms with Crippen molar-refractivity contribution in [3.63, 3.8) is 0 Å². The largest absolute Gasteiger partial charge is 0.399 e. The molecule has 2 rings (SSSR count). The minimum Gasteiger partial charge on any atom is -0.399 e. The maximum absolute atomic E-state index is 12.2. The molecule has 0 amide bonds. The van der Waals surface area contributed by atoms with Gasteiger partial charge in [-0.3, -0.25) is 0 Å². The summed E-state index contributed by atoms with van der Waals surface area (Å²) >= 11 is 0. The van der Waals surface area contributed by atoms with Gasteiger partial charge in [0.15, 0.2) is 0 Å². The van der Waals surface area contributed by atoms with Crippen molar-refractivity contribution >= 4 is 15.7 Å². The molecule has 1 aliphatic rings. The molecule has 3 N–H and O–H groups in total. The molecular weight excluding hydrogens is 236 g/mol. The van der Waals surface area contributed by atoms with Gasteiger partial charge in [-0.2, -0.15) is 0 Å². The summed E-state index contributed by atoms with van der Waals surface area (Å²) in [5.74, 6) is 0. The van der Waals surface area contributed by atoms with Gasteiger partial charge in [-0.15, -0.1) is 0 Å². The zero-order chi connectivity index (χ0) is 12.8. The number of benzene rings is 1. The summed E-state index contributed by atoms with van der Waals surface area (Å²) < 4.78 is 27.2. The third-order valence-corrected chi connectivity index (χ3v) is 5.08. The maximum atomic E-state index is 12.2. The van der Waals surface area contributed by atoms with Crippen LogP contribution in [0.2, 0.25) is 0 Å². The Labute approximate surface area is 102 Å². The lowest BCUT2D eigenvalue weighted by Gasteiger charge is -2.15. The summed E-state index contributed by atoms with van der Waals surface area (Å²) in [4.78, 5) is 0.295. The Morgan fingerprint density at radius 3 is 2.41 bits per heavy atom. The van der Waals surface area contributed by atoms with Crippen molar-refractivity contribution in [3.8, 4) is 0 Å². The van der Waals surface area contributed by atoms with E-state index in [9.17, 15) is 8.42 Å². The highest BCUT2D eigenvalue weighted by atomic mass is 32.2. The highest BCUT2D eigenvalue weighted by molar-refractivity contribution is 7.89. The number of hydrogen-bond acceptors (Lipinski definition) is 3. The van der Waals surface area contributed by atoms with Crippen LogP contribution in [-0.4, -0.2) is 14.0 Å². The van der Waals surface area contributed by atoms with E-state index < -0.39 is 10.0 Å². The van der Waals surface area contributed by atoms with E-state index in [1.54, 1.807) is 13.0 Å². The molecular formula is C12H18N2O2S. The predicted molar refractivity (Wildman–Crippen MR) is 68.3 cm³/mol. The molecule has 94 valence electrons. The standard InChI is InChI=1S/C12H18N2O2S/c1-8-6-10(13)7-11(9(8)2)17(15,16)14-12(3)4-5-12/h6-7,14H,4-5,13H2,1-3H3. The molecule has 1 aliphatic carbocycles. The highest BCUT2D eigenvalue weighted by Gasteiger charge is 2.41. The first-order valence-electron chi connectivity index (χ1n) is 5.64. The van der Waals surface area contributed by atoms with Gasteiger partial charge >= 0.3 is 0 Å². The predicted octanol–water partition coefficient (Wildman–Crippen LogP) is 1.72. The molecule has 0 unspecified atom stereocenters. The quantitative estimate of drug-likeness (QED) is 0.807. The van der Waals surface area contributed by atoms with Gasteiger partial charge in [0.25, 0.3) is 0 Å². The van der Waals surface area contributed by atoms with Crippen molar-refractivity contribution in [2.75, 3.05) is 5.73 Å². The van der Waals surface area contributed by atoms with Gasteiger partial charge in [0.2, 0.25) is 10.0 Å². The van der Waals surface area contributed by atoms with Crippen LogP contribution < -0.4 is 10.5 Å². The molecule has 0 radical (unpaired) electrons. The van der Waals surface area contributed by atoms with E-state index in [-0.39, 0.29) is 5.54 Å². The Kier molecular flexibility index (Phi) is 2.71. The second-order valence-corrected chi connectivity index (χ2v) is 6.78.